The van der Waals surface area contributed by atoms with Crippen molar-refractivity contribution in [2.24, 2.45) is 0 Å². The first kappa shape index (κ1) is 55.4. The minimum atomic E-state index is -4.61. The Labute approximate surface area is 362 Å². The molecule has 1 heterocycles. The summed E-state index contributed by atoms with van der Waals surface area (Å²) in [4.78, 5) is 25.4. The first-order chi connectivity index (χ1) is 29.0. The topological polar surface area (TPSA) is 186 Å². The number of hydrogen-bond donors (Lipinski definition) is 4. The van der Waals surface area contributed by atoms with Crippen molar-refractivity contribution in [3.8, 4) is 0 Å². The number of aliphatic hydroxyl groups is 3. The highest BCUT2D eigenvalue weighted by Crippen LogP contribution is 2.24. The van der Waals surface area contributed by atoms with Crippen LogP contribution >= 0.6 is 0 Å². The van der Waals surface area contributed by atoms with Gasteiger partial charge >= 0.3 is 11.9 Å². The van der Waals surface area contributed by atoms with Crippen LogP contribution in [-0.4, -0.2) is 96.0 Å². The number of carbonyl (C=O) groups is 2. The fourth-order valence-electron chi connectivity index (χ4n) is 6.62. The summed E-state index contributed by atoms with van der Waals surface area (Å²) in [5.74, 6) is -2.02. The van der Waals surface area contributed by atoms with Crippen LogP contribution in [0.4, 0.5) is 0 Å². The smallest absolute Gasteiger partial charge is 0.306 e. The molecule has 0 saturated carbocycles. The molecule has 0 aliphatic carbocycles. The maximum atomic E-state index is 12.8. The zero-order valence-electron chi connectivity index (χ0n) is 36.8. The van der Waals surface area contributed by atoms with Gasteiger partial charge in [0.2, 0.25) is 0 Å². The molecule has 2 unspecified atom stereocenters. The van der Waals surface area contributed by atoms with E-state index in [0.717, 1.165) is 64.2 Å². The van der Waals surface area contributed by atoms with Gasteiger partial charge in [-0.3, -0.25) is 14.1 Å². The van der Waals surface area contributed by atoms with Crippen LogP contribution in [0.3, 0.4) is 0 Å². The summed E-state index contributed by atoms with van der Waals surface area (Å²) in [7, 11) is -4.61. The molecule has 4 N–H and O–H groups in total. The van der Waals surface area contributed by atoms with Crippen LogP contribution in [0.5, 0.6) is 0 Å². The van der Waals surface area contributed by atoms with Crippen LogP contribution in [0.2, 0.25) is 0 Å². The maximum Gasteiger partial charge on any atom is 0.306 e. The predicted molar refractivity (Wildman–Crippen MR) is 238 cm³/mol. The summed E-state index contributed by atoms with van der Waals surface area (Å²) in [6.45, 7) is 3.59. The first-order valence-electron chi connectivity index (χ1n) is 22.9. The second-order valence-corrected chi connectivity index (χ2v) is 17.3. The predicted octanol–water partition coefficient (Wildman–Crippen LogP) is 9.34. The van der Waals surface area contributed by atoms with E-state index in [1.807, 2.05) is 36.5 Å². The molecule has 0 aromatic rings. The van der Waals surface area contributed by atoms with Gasteiger partial charge in [-0.25, -0.2) is 0 Å². The lowest BCUT2D eigenvalue weighted by atomic mass is 10.00. The van der Waals surface area contributed by atoms with E-state index in [-0.39, 0.29) is 19.4 Å². The Kier molecular flexibility index (Phi) is 34.1. The lowest BCUT2D eigenvalue weighted by Gasteiger charge is -2.40. The summed E-state index contributed by atoms with van der Waals surface area (Å²) < 4.78 is 54.0. The van der Waals surface area contributed by atoms with E-state index < -0.39 is 71.2 Å². The van der Waals surface area contributed by atoms with Crippen molar-refractivity contribution in [3.63, 3.8) is 0 Å². The number of carbonyl (C=O) groups excluding carboxylic acids is 2. The molecule has 0 spiro atoms. The van der Waals surface area contributed by atoms with E-state index in [2.05, 4.69) is 38.2 Å². The Balaban J connectivity index is 2.46. The zero-order chi connectivity index (χ0) is 44.1. The van der Waals surface area contributed by atoms with Gasteiger partial charge in [-0.2, -0.15) is 8.42 Å². The molecule has 0 bridgehead atoms. The number of aliphatic hydroxyl groups excluding tert-OH is 3. The molecule has 1 aliphatic rings. The van der Waals surface area contributed by atoms with Crippen molar-refractivity contribution in [3.05, 3.63) is 60.8 Å². The van der Waals surface area contributed by atoms with Crippen LogP contribution < -0.4 is 0 Å². The van der Waals surface area contributed by atoms with Gasteiger partial charge in [-0.1, -0.05) is 158 Å². The maximum absolute atomic E-state index is 12.8. The Bertz CT molecular complexity index is 1340. The number of ether oxygens (including phenoxy) is 4. The summed E-state index contributed by atoms with van der Waals surface area (Å²) in [6, 6.07) is 0. The van der Waals surface area contributed by atoms with Gasteiger partial charge in [0, 0.05) is 12.8 Å². The van der Waals surface area contributed by atoms with Gasteiger partial charge in [0.1, 0.15) is 36.8 Å². The fourth-order valence-corrected chi connectivity index (χ4v) is 7.31. The van der Waals surface area contributed by atoms with Gasteiger partial charge in [-0.05, 0) is 57.8 Å². The third kappa shape index (κ3) is 31.2. The second kappa shape index (κ2) is 37.0. The van der Waals surface area contributed by atoms with E-state index in [1.165, 1.54) is 64.2 Å². The van der Waals surface area contributed by atoms with Crippen molar-refractivity contribution in [2.45, 2.75) is 205 Å². The summed E-state index contributed by atoms with van der Waals surface area (Å²) in [5.41, 5.74) is 0. The SMILES string of the molecule is CC/C=C/C=C/C=C/C=C/CCCCCCCC(=O)O[C@H](COC(=O)CCCCCCCCC/C=C/CCCCCCCC)CO[C@H]1O[C@H](CS(=O)(=O)O)[C@@H](O)C(O)C1O. The molecule has 13 heteroatoms. The molecule has 0 amide bonds. The van der Waals surface area contributed by atoms with E-state index in [1.54, 1.807) is 0 Å². The largest absolute Gasteiger partial charge is 0.462 e. The van der Waals surface area contributed by atoms with E-state index in [4.69, 9.17) is 18.9 Å². The minimum absolute atomic E-state index is 0.135. The van der Waals surface area contributed by atoms with Crippen LogP contribution in [0.1, 0.15) is 168 Å². The lowest BCUT2D eigenvalue weighted by Crippen LogP contribution is -2.60. The van der Waals surface area contributed by atoms with Crippen molar-refractivity contribution in [1.82, 2.24) is 0 Å². The Morgan fingerprint density at radius 1 is 0.583 bits per heavy atom. The number of rotatable bonds is 37. The van der Waals surface area contributed by atoms with Crippen LogP contribution in [0, 0.1) is 0 Å². The molecule has 60 heavy (non-hydrogen) atoms. The van der Waals surface area contributed by atoms with Crippen LogP contribution in [0.15, 0.2) is 60.8 Å². The molecular weight excluding hydrogens is 789 g/mol. The first-order valence-corrected chi connectivity index (χ1v) is 24.5. The monoisotopic (exact) mass is 869 g/mol. The molecule has 1 fully saturated rings. The molecule has 1 rings (SSSR count). The van der Waals surface area contributed by atoms with Crippen LogP contribution in [-0.2, 0) is 38.7 Å². The average molecular weight is 869 g/mol. The summed E-state index contributed by atoms with van der Waals surface area (Å²) in [6.07, 6.45) is 35.5. The summed E-state index contributed by atoms with van der Waals surface area (Å²) >= 11 is 0. The lowest BCUT2D eigenvalue weighted by molar-refractivity contribution is -0.297. The molecule has 0 radical (unpaired) electrons. The van der Waals surface area contributed by atoms with Gasteiger partial charge in [0.25, 0.3) is 10.1 Å². The normalized spacial score (nSPS) is 20.7. The summed E-state index contributed by atoms with van der Waals surface area (Å²) in [5, 5.41) is 30.9. The standard InChI is InChI=1S/C47H80O12S/c1-3-5-7-9-11-13-15-17-19-20-22-23-25-27-29-31-33-35-42(48)56-37-40(38-57-47-46(52)45(51)44(50)41(59-47)39-60(53,54)55)58-43(49)36-34-32-30-28-26-24-21-18-16-14-12-10-8-6-4-2/h6,8,10,12,14,16-19,21,40-41,44-47,50-52H,3-5,7,9,11,13,15,20,22-39H2,1-2H3,(H,53,54,55)/b8-6+,12-10+,16-14+,19-17+,21-18+/t40-,41-,44-,45?,46?,47+/m1/s1. The number of allylic oxidation sites excluding steroid dienone is 10. The third-order valence-corrected chi connectivity index (χ3v) is 10.9. The highest BCUT2D eigenvalue weighted by molar-refractivity contribution is 7.85. The zero-order valence-corrected chi connectivity index (χ0v) is 37.6. The Morgan fingerprint density at radius 3 is 1.62 bits per heavy atom. The number of esters is 2. The molecule has 12 nitrogen and oxygen atoms in total. The third-order valence-electron chi connectivity index (χ3n) is 10.2. The Hall–Kier alpha value is -2.65. The molecule has 1 aliphatic heterocycles. The number of hydrogen-bond acceptors (Lipinski definition) is 11. The second-order valence-electron chi connectivity index (χ2n) is 15.8. The molecule has 0 aromatic carbocycles. The molecule has 1 saturated heterocycles. The van der Waals surface area contributed by atoms with Crippen LogP contribution in [0.25, 0.3) is 0 Å². The quantitative estimate of drug-likeness (QED) is 0.0153. The highest BCUT2D eigenvalue weighted by Gasteiger charge is 2.46. The van der Waals surface area contributed by atoms with Crippen molar-refractivity contribution in [2.75, 3.05) is 19.0 Å². The van der Waals surface area contributed by atoms with E-state index >= 15 is 0 Å². The molecule has 6 atom stereocenters. The van der Waals surface area contributed by atoms with Gasteiger partial charge in [0.05, 0.1) is 6.61 Å². The number of unbranched alkanes of at least 4 members (excludes halogenated alkanes) is 18. The van der Waals surface area contributed by atoms with Gasteiger partial charge < -0.3 is 34.3 Å². The Morgan fingerprint density at radius 2 is 1.07 bits per heavy atom. The van der Waals surface area contributed by atoms with Crippen molar-refractivity contribution >= 4 is 22.1 Å². The van der Waals surface area contributed by atoms with E-state index in [0.29, 0.717) is 12.8 Å². The average Bonchev–Trinajstić information content (AvgIpc) is 3.21. The van der Waals surface area contributed by atoms with Crippen molar-refractivity contribution < 1.29 is 56.8 Å². The van der Waals surface area contributed by atoms with Gasteiger partial charge in [0.15, 0.2) is 12.4 Å². The molecule has 346 valence electrons. The fraction of sp³-hybridized carbons (Fsp3) is 0.745. The van der Waals surface area contributed by atoms with Crippen molar-refractivity contribution in [1.29, 1.82) is 0 Å². The van der Waals surface area contributed by atoms with Gasteiger partial charge in [-0.15, -0.1) is 0 Å². The molecular formula is C47H80O12S. The highest BCUT2D eigenvalue weighted by atomic mass is 32.2. The molecule has 0 aromatic heterocycles. The minimum Gasteiger partial charge on any atom is -0.462 e. The van der Waals surface area contributed by atoms with E-state index in [9.17, 15) is 37.9 Å².